The van der Waals surface area contributed by atoms with Gasteiger partial charge in [0.2, 0.25) is 0 Å². The molecule has 0 amide bonds. The van der Waals surface area contributed by atoms with Gasteiger partial charge in [-0.1, -0.05) is 18.5 Å². The summed E-state index contributed by atoms with van der Waals surface area (Å²) in [5.41, 5.74) is 1.24. The number of ether oxygens (including phenoxy) is 1. The highest BCUT2D eigenvalue weighted by Gasteiger charge is 2.24. The van der Waals surface area contributed by atoms with Crippen LogP contribution >= 0.6 is 11.6 Å². The molecule has 2 unspecified atom stereocenters. The molecule has 1 fully saturated rings. The standard InChI is InChI=1S/C15H22ClNO/c1-3-17-14-6-4-11(9-14)8-12-10-13(16)5-7-15(12)18-2/h5,7,10-11,14,17H,3-4,6,8-9H2,1-2H3. The van der Waals surface area contributed by atoms with Crippen LogP contribution in [-0.4, -0.2) is 19.7 Å². The molecule has 1 aliphatic carbocycles. The summed E-state index contributed by atoms with van der Waals surface area (Å²) in [5.74, 6) is 1.72. The Bertz CT molecular complexity index is 394. The maximum Gasteiger partial charge on any atom is 0.122 e. The molecule has 1 aromatic rings. The molecule has 0 spiro atoms. The highest BCUT2D eigenvalue weighted by atomic mass is 35.5. The van der Waals surface area contributed by atoms with Gasteiger partial charge in [-0.3, -0.25) is 0 Å². The number of rotatable bonds is 5. The van der Waals surface area contributed by atoms with Crippen LogP contribution in [0.3, 0.4) is 0 Å². The molecule has 18 heavy (non-hydrogen) atoms. The van der Waals surface area contributed by atoms with Crippen LogP contribution in [0.2, 0.25) is 5.02 Å². The van der Waals surface area contributed by atoms with Gasteiger partial charge in [-0.2, -0.15) is 0 Å². The predicted molar refractivity (Wildman–Crippen MR) is 76.5 cm³/mol. The second-order valence-corrected chi connectivity index (χ2v) is 5.53. The molecular formula is C15H22ClNO. The maximum atomic E-state index is 6.07. The van der Waals surface area contributed by atoms with Crippen LogP contribution in [0.5, 0.6) is 5.75 Å². The molecule has 0 aromatic heterocycles. The van der Waals surface area contributed by atoms with Crippen LogP contribution < -0.4 is 10.1 Å². The molecule has 2 atom stereocenters. The SMILES string of the molecule is CCNC1CCC(Cc2cc(Cl)ccc2OC)C1. The van der Waals surface area contributed by atoms with E-state index in [1.54, 1.807) is 7.11 Å². The van der Waals surface area contributed by atoms with Crippen LogP contribution in [0.15, 0.2) is 18.2 Å². The number of nitrogens with one attached hydrogen (secondary N) is 1. The predicted octanol–water partition coefficient (Wildman–Crippen LogP) is 3.67. The molecule has 2 rings (SSSR count). The summed E-state index contributed by atoms with van der Waals surface area (Å²) in [7, 11) is 1.73. The summed E-state index contributed by atoms with van der Waals surface area (Å²) in [6, 6.07) is 6.60. The molecule has 1 aliphatic rings. The van der Waals surface area contributed by atoms with Crippen molar-refractivity contribution < 1.29 is 4.74 Å². The van der Waals surface area contributed by atoms with Crippen LogP contribution in [0.25, 0.3) is 0 Å². The third-order valence-corrected chi connectivity index (χ3v) is 4.02. The van der Waals surface area contributed by atoms with E-state index in [1.807, 2.05) is 18.2 Å². The van der Waals surface area contributed by atoms with Gasteiger partial charge < -0.3 is 10.1 Å². The molecule has 1 N–H and O–H groups in total. The zero-order valence-electron chi connectivity index (χ0n) is 11.2. The Morgan fingerprint density at radius 2 is 2.22 bits per heavy atom. The zero-order valence-corrected chi connectivity index (χ0v) is 12.0. The maximum absolute atomic E-state index is 6.07. The van der Waals surface area contributed by atoms with Crippen molar-refractivity contribution in [1.29, 1.82) is 0 Å². The molecule has 1 aromatic carbocycles. The van der Waals surface area contributed by atoms with Crippen molar-refractivity contribution in [2.45, 2.75) is 38.6 Å². The van der Waals surface area contributed by atoms with Gasteiger partial charge in [-0.25, -0.2) is 0 Å². The first kappa shape index (κ1) is 13.7. The van der Waals surface area contributed by atoms with Gasteiger partial charge in [0, 0.05) is 11.1 Å². The zero-order chi connectivity index (χ0) is 13.0. The average molecular weight is 268 g/mol. The van der Waals surface area contributed by atoms with Crippen LogP contribution in [0.4, 0.5) is 0 Å². The number of hydrogen-bond donors (Lipinski definition) is 1. The van der Waals surface area contributed by atoms with E-state index in [1.165, 1.54) is 24.8 Å². The second-order valence-electron chi connectivity index (χ2n) is 5.09. The van der Waals surface area contributed by atoms with E-state index in [4.69, 9.17) is 16.3 Å². The summed E-state index contributed by atoms with van der Waals surface area (Å²) >= 11 is 6.07. The van der Waals surface area contributed by atoms with Gasteiger partial charge in [-0.05, 0) is 61.9 Å². The Morgan fingerprint density at radius 1 is 1.39 bits per heavy atom. The first-order valence-electron chi connectivity index (χ1n) is 6.78. The average Bonchev–Trinajstić information content (AvgIpc) is 2.77. The molecular weight excluding hydrogens is 246 g/mol. The van der Waals surface area contributed by atoms with Gasteiger partial charge in [0.05, 0.1) is 7.11 Å². The van der Waals surface area contributed by atoms with E-state index in [0.29, 0.717) is 6.04 Å². The van der Waals surface area contributed by atoms with E-state index >= 15 is 0 Å². The molecule has 0 bridgehead atoms. The van der Waals surface area contributed by atoms with Crippen LogP contribution in [0, 0.1) is 5.92 Å². The summed E-state index contributed by atoms with van der Waals surface area (Å²) in [4.78, 5) is 0. The highest BCUT2D eigenvalue weighted by molar-refractivity contribution is 6.30. The van der Waals surface area contributed by atoms with Crippen molar-refractivity contribution in [1.82, 2.24) is 5.32 Å². The smallest absolute Gasteiger partial charge is 0.122 e. The lowest BCUT2D eigenvalue weighted by Crippen LogP contribution is -2.25. The topological polar surface area (TPSA) is 21.3 Å². The summed E-state index contributed by atoms with van der Waals surface area (Å²) in [6.07, 6.45) is 4.93. The lowest BCUT2D eigenvalue weighted by molar-refractivity contribution is 0.403. The van der Waals surface area contributed by atoms with Gasteiger partial charge in [-0.15, -0.1) is 0 Å². The molecule has 0 aliphatic heterocycles. The Labute approximate surface area is 115 Å². The van der Waals surface area contributed by atoms with E-state index in [0.717, 1.165) is 29.7 Å². The second kappa shape index (κ2) is 6.44. The normalized spacial score (nSPS) is 23.3. The Balaban J connectivity index is 1.99. The third-order valence-electron chi connectivity index (χ3n) is 3.79. The van der Waals surface area contributed by atoms with Crippen molar-refractivity contribution in [3.05, 3.63) is 28.8 Å². The molecule has 100 valence electrons. The van der Waals surface area contributed by atoms with Gasteiger partial charge in [0.1, 0.15) is 5.75 Å². The van der Waals surface area contributed by atoms with Crippen molar-refractivity contribution >= 4 is 11.6 Å². The molecule has 0 saturated heterocycles. The number of benzene rings is 1. The van der Waals surface area contributed by atoms with Crippen LogP contribution in [-0.2, 0) is 6.42 Å². The monoisotopic (exact) mass is 267 g/mol. The largest absolute Gasteiger partial charge is 0.496 e. The first-order valence-corrected chi connectivity index (χ1v) is 7.16. The van der Waals surface area contributed by atoms with E-state index < -0.39 is 0 Å². The fourth-order valence-corrected chi connectivity index (χ4v) is 3.15. The molecule has 0 heterocycles. The van der Waals surface area contributed by atoms with Crippen molar-refractivity contribution in [2.75, 3.05) is 13.7 Å². The summed E-state index contributed by atoms with van der Waals surface area (Å²) in [6.45, 7) is 3.24. The van der Waals surface area contributed by atoms with E-state index in [9.17, 15) is 0 Å². The highest BCUT2D eigenvalue weighted by Crippen LogP contribution is 2.32. The summed E-state index contributed by atoms with van der Waals surface area (Å²) < 4.78 is 5.41. The lowest BCUT2D eigenvalue weighted by atomic mass is 9.97. The number of methoxy groups -OCH3 is 1. The Kier molecular flexibility index (Phi) is 4.90. The Hall–Kier alpha value is -0.730. The minimum atomic E-state index is 0.699. The van der Waals surface area contributed by atoms with Gasteiger partial charge in [0.15, 0.2) is 0 Å². The fourth-order valence-electron chi connectivity index (χ4n) is 2.95. The van der Waals surface area contributed by atoms with Crippen LogP contribution in [0.1, 0.15) is 31.7 Å². The molecule has 1 saturated carbocycles. The quantitative estimate of drug-likeness (QED) is 0.879. The number of hydrogen-bond acceptors (Lipinski definition) is 2. The van der Waals surface area contributed by atoms with Gasteiger partial charge >= 0.3 is 0 Å². The molecule has 0 radical (unpaired) electrons. The van der Waals surface area contributed by atoms with Crippen molar-refractivity contribution in [2.24, 2.45) is 5.92 Å². The van der Waals surface area contributed by atoms with Crippen molar-refractivity contribution in [3.8, 4) is 5.75 Å². The van der Waals surface area contributed by atoms with E-state index in [-0.39, 0.29) is 0 Å². The molecule has 2 nitrogen and oxygen atoms in total. The van der Waals surface area contributed by atoms with E-state index in [2.05, 4.69) is 12.2 Å². The first-order chi connectivity index (χ1) is 8.72. The summed E-state index contributed by atoms with van der Waals surface area (Å²) in [5, 5.41) is 4.34. The van der Waals surface area contributed by atoms with Crippen molar-refractivity contribution in [3.63, 3.8) is 0 Å². The van der Waals surface area contributed by atoms with Gasteiger partial charge in [0.25, 0.3) is 0 Å². The third kappa shape index (κ3) is 3.39. The Morgan fingerprint density at radius 3 is 2.94 bits per heavy atom. The molecule has 3 heteroatoms. The fraction of sp³-hybridized carbons (Fsp3) is 0.600. The minimum absolute atomic E-state index is 0.699. The lowest BCUT2D eigenvalue weighted by Gasteiger charge is -2.14. The minimum Gasteiger partial charge on any atom is -0.496 e. The number of halogens is 1.